The first-order valence-corrected chi connectivity index (χ1v) is 10.4. The Balaban J connectivity index is 1.72. The lowest BCUT2D eigenvalue weighted by molar-refractivity contribution is 0.102. The summed E-state index contributed by atoms with van der Waals surface area (Å²) in [5.74, 6) is 0.831. The second-order valence-electron chi connectivity index (χ2n) is 5.98. The molecule has 0 atom stereocenters. The van der Waals surface area contributed by atoms with Gasteiger partial charge in [-0.05, 0) is 12.1 Å². The molecule has 1 aromatic carbocycles. The van der Waals surface area contributed by atoms with E-state index in [-0.39, 0.29) is 17.1 Å². The molecule has 0 aliphatic rings. The summed E-state index contributed by atoms with van der Waals surface area (Å²) in [6.45, 7) is 4.06. The van der Waals surface area contributed by atoms with E-state index < -0.39 is 0 Å². The molecule has 0 amide bonds. The third-order valence-electron chi connectivity index (χ3n) is 4.19. The molecule has 0 bridgehead atoms. The standard InChI is InChI=1S/C21H16N2O3S2/c1-2-10-23-20(25)18-15(17-9-6-11-26-17)12-27-19(18)22-21(23)28-13-16(24)14-7-4-3-5-8-14/h2-9,11-12H,1,10,13H2. The van der Waals surface area contributed by atoms with Crippen LogP contribution in [0.25, 0.3) is 21.5 Å². The van der Waals surface area contributed by atoms with E-state index in [0.29, 0.717) is 33.2 Å². The minimum absolute atomic E-state index is 0.00690. The van der Waals surface area contributed by atoms with E-state index in [2.05, 4.69) is 11.6 Å². The van der Waals surface area contributed by atoms with Crippen LogP contribution in [0.3, 0.4) is 0 Å². The lowest BCUT2D eigenvalue weighted by Crippen LogP contribution is -2.23. The quantitative estimate of drug-likeness (QED) is 0.189. The van der Waals surface area contributed by atoms with Crippen molar-refractivity contribution in [1.82, 2.24) is 9.55 Å². The van der Waals surface area contributed by atoms with Gasteiger partial charge in [0.05, 0.1) is 17.4 Å². The maximum absolute atomic E-state index is 13.2. The van der Waals surface area contributed by atoms with Gasteiger partial charge in [-0.2, -0.15) is 0 Å². The van der Waals surface area contributed by atoms with Gasteiger partial charge in [0, 0.05) is 23.1 Å². The number of hydrogen-bond acceptors (Lipinski definition) is 6. The summed E-state index contributed by atoms with van der Waals surface area (Å²) in [4.78, 5) is 30.9. The van der Waals surface area contributed by atoms with E-state index in [9.17, 15) is 9.59 Å². The first-order valence-electron chi connectivity index (χ1n) is 8.57. The summed E-state index contributed by atoms with van der Waals surface area (Å²) in [5.41, 5.74) is 1.22. The van der Waals surface area contributed by atoms with Crippen molar-refractivity contribution < 1.29 is 9.21 Å². The first-order chi connectivity index (χ1) is 13.7. The number of furan rings is 1. The number of thioether (sulfide) groups is 1. The maximum atomic E-state index is 13.2. The molecule has 0 saturated heterocycles. The molecule has 140 valence electrons. The van der Waals surface area contributed by atoms with Crippen molar-refractivity contribution in [2.75, 3.05) is 5.75 Å². The van der Waals surface area contributed by atoms with Gasteiger partial charge in [0.2, 0.25) is 0 Å². The second-order valence-corrected chi connectivity index (χ2v) is 7.78. The summed E-state index contributed by atoms with van der Waals surface area (Å²) < 4.78 is 7.01. The van der Waals surface area contributed by atoms with Crippen molar-refractivity contribution in [3.05, 3.63) is 82.7 Å². The number of carbonyl (C=O) groups is 1. The summed E-state index contributed by atoms with van der Waals surface area (Å²) in [6.07, 6.45) is 3.23. The Morgan fingerprint density at radius 3 is 2.79 bits per heavy atom. The Hall–Kier alpha value is -2.90. The van der Waals surface area contributed by atoms with Crippen molar-refractivity contribution in [2.24, 2.45) is 0 Å². The van der Waals surface area contributed by atoms with Crippen LogP contribution in [0.15, 0.2) is 81.1 Å². The van der Waals surface area contributed by atoms with Gasteiger partial charge >= 0.3 is 0 Å². The van der Waals surface area contributed by atoms with Crippen molar-refractivity contribution in [1.29, 1.82) is 0 Å². The second kappa shape index (κ2) is 8.00. The van der Waals surface area contributed by atoms with Gasteiger partial charge in [0.1, 0.15) is 10.6 Å². The van der Waals surface area contributed by atoms with Crippen LogP contribution in [0, 0.1) is 0 Å². The third kappa shape index (κ3) is 3.46. The number of nitrogens with zero attached hydrogens (tertiary/aromatic N) is 2. The largest absolute Gasteiger partial charge is 0.464 e. The van der Waals surface area contributed by atoms with Gasteiger partial charge in [-0.25, -0.2) is 4.98 Å². The Bertz CT molecular complexity index is 1190. The minimum atomic E-state index is -0.160. The zero-order chi connectivity index (χ0) is 19.5. The van der Waals surface area contributed by atoms with E-state index in [1.807, 2.05) is 29.6 Å². The van der Waals surface area contributed by atoms with Crippen molar-refractivity contribution in [3.63, 3.8) is 0 Å². The summed E-state index contributed by atoms with van der Waals surface area (Å²) >= 11 is 2.65. The van der Waals surface area contributed by atoms with Crippen LogP contribution in [0.4, 0.5) is 0 Å². The number of thiophene rings is 1. The molecular weight excluding hydrogens is 392 g/mol. The summed E-state index contributed by atoms with van der Waals surface area (Å²) in [5, 5.41) is 2.91. The molecule has 0 spiro atoms. The van der Waals surface area contributed by atoms with Crippen LogP contribution in [0.1, 0.15) is 10.4 Å². The van der Waals surface area contributed by atoms with E-state index >= 15 is 0 Å². The van der Waals surface area contributed by atoms with E-state index in [1.54, 1.807) is 35.1 Å². The lowest BCUT2D eigenvalue weighted by Gasteiger charge is -2.10. The number of carbonyl (C=O) groups excluding carboxylic acids is 1. The number of benzene rings is 1. The lowest BCUT2D eigenvalue weighted by atomic mass is 10.2. The van der Waals surface area contributed by atoms with Crippen molar-refractivity contribution in [2.45, 2.75) is 11.7 Å². The molecule has 3 heterocycles. The highest BCUT2D eigenvalue weighted by Crippen LogP contribution is 2.32. The van der Waals surface area contributed by atoms with Crippen LogP contribution >= 0.6 is 23.1 Å². The SMILES string of the molecule is C=CCn1c(SCC(=O)c2ccccc2)nc2scc(-c3ccco3)c2c1=O. The number of allylic oxidation sites excluding steroid dienone is 1. The highest BCUT2D eigenvalue weighted by Gasteiger charge is 2.19. The molecule has 0 radical (unpaired) electrons. The Morgan fingerprint density at radius 1 is 1.25 bits per heavy atom. The predicted molar refractivity (Wildman–Crippen MR) is 113 cm³/mol. The number of Topliss-reactive ketones (excluding diaryl/α,β-unsaturated/α-hetero) is 1. The van der Waals surface area contributed by atoms with E-state index in [1.165, 1.54) is 23.1 Å². The molecular formula is C21H16N2O3S2. The monoisotopic (exact) mass is 408 g/mol. The van der Waals surface area contributed by atoms with Gasteiger partial charge in [0.15, 0.2) is 10.9 Å². The molecule has 3 aromatic heterocycles. The molecule has 0 fully saturated rings. The van der Waals surface area contributed by atoms with Crippen LogP contribution in [0.2, 0.25) is 0 Å². The summed E-state index contributed by atoms with van der Waals surface area (Å²) in [7, 11) is 0. The maximum Gasteiger partial charge on any atom is 0.263 e. The molecule has 0 saturated carbocycles. The topological polar surface area (TPSA) is 65.1 Å². The zero-order valence-electron chi connectivity index (χ0n) is 14.8. The molecule has 0 aliphatic heterocycles. The average molecular weight is 409 g/mol. The number of aromatic nitrogens is 2. The fourth-order valence-electron chi connectivity index (χ4n) is 2.86. The fraction of sp³-hybridized carbons (Fsp3) is 0.0952. The van der Waals surface area contributed by atoms with Gasteiger partial charge < -0.3 is 4.42 Å². The number of ketones is 1. The Morgan fingerprint density at radius 2 is 2.07 bits per heavy atom. The average Bonchev–Trinajstić information content (AvgIpc) is 3.39. The zero-order valence-corrected chi connectivity index (χ0v) is 16.5. The van der Waals surface area contributed by atoms with E-state index in [0.717, 1.165) is 5.56 Å². The molecule has 0 N–H and O–H groups in total. The first kappa shape index (κ1) is 18.5. The van der Waals surface area contributed by atoms with Gasteiger partial charge in [-0.15, -0.1) is 17.9 Å². The van der Waals surface area contributed by atoms with Gasteiger partial charge in [-0.3, -0.25) is 14.2 Å². The van der Waals surface area contributed by atoms with Gasteiger partial charge in [-0.1, -0.05) is 48.2 Å². The molecule has 5 nitrogen and oxygen atoms in total. The van der Waals surface area contributed by atoms with Crippen molar-refractivity contribution in [3.8, 4) is 11.3 Å². The molecule has 28 heavy (non-hydrogen) atoms. The molecule has 0 aliphatic carbocycles. The van der Waals surface area contributed by atoms with Crippen LogP contribution < -0.4 is 5.56 Å². The fourth-order valence-corrected chi connectivity index (χ4v) is 4.73. The van der Waals surface area contributed by atoms with Crippen LogP contribution in [-0.4, -0.2) is 21.1 Å². The van der Waals surface area contributed by atoms with Crippen LogP contribution in [0.5, 0.6) is 0 Å². The smallest absolute Gasteiger partial charge is 0.263 e. The molecule has 4 aromatic rings. The predicted octanol–water partition coefficient (Wildman–Crippen LogP) is 4.88. The highest BCUT2D eigenvalue weighted by molar-refractivity contribution is 7.99. The molecule has 0 unspecified atom stereocenters. The third-order valence-corrected chi connectivity index (χ3v) is 6.03. The van der Waals surface area contributed by atoms with Gasteiger partial charge in [0.25, 0.3) is 5.56 Å². The van der Waals surface area contributed by atoms with Crippen LogP contribution in [-0.2, 0) is 6.54 Å². The highest BCUT2D eigenvalue weighted by atomic mass is 32.2. The number of hydrogen-bond donors (Lipinski definition) is 0. The normalized spacial score (nSPS) is 11.0. The van der Waals surface area contributed by atoms with Crippen molar-refractivity contribution >= 4 is 39.1 Å². The summed E-state index contributed by atoms with van der Waals surface area (Å²) in [6, 6.07) is 12.7. The van der Waals surface area contributed by atoms with E-state index in [4.69, 9.17) is 4.42 Å². The molecule has 4 rings (SSSR count). The Labute approximate surface area is 169 Å². The number of rotatable bonds is 7. The minimum Gasteiger partial charge on any atom is -0.464 e. The Kier molecular flexibility index (Phi) is 5.27. The number of fused-ring (bicyclic) bond motifs is 1. The molecule has 7 heteroatoms.